The van der Waals surface area contributed by atoms with Crippen LogP contribution in [-0.2, 0) is 17.7 Å². The molecule has 23 heavy (non-hydrogen) atoms. The Balaban J connectivity index is 1.41. The van der Waals surface area contributed by atoms with Crippen molar-refractivity contribution >= 4 is 5.97 Å². The van der Waals surface area contributed by atoms with E-state index in [2.05, 4.69) is 25.9 Å². The molecular formula is C19H22N2O2. The van der Waals surface area contributed by atoms with Gasteiger partial charge in [0.25, 0.3) is 0 Å². The molecule has 0 radical (unpaired) electrons. The molecule has 1 aromatic carbocycles. The molecule has 0 N–H and O–H groups in total. The lowest BCUT2D eigenvalue weighted by Crippen LogP contribution is -2.15. The van der Waals surface area contributed by atoms with E-state index in [1.54, 1.807) is 12.1 Å². The molecule has 1 aromatic heterocycles. The molecule has 2 aliphatic rings. The number of benzene rings is 1. The summed E-state index contributed by atoms with van der Waals surface area (Å²) in [5, 5.41) is 4.67. The van der Waals surface area contributed by atoms with E-state index in [0.717, 1.165) is 18.0 Å². The van der Waals surface area contributed by atoms with Crippen molar-refractivity contribution in [1.82, 2.24) is 9.78 Å². The smallest absolute Gasteiger partial charge is 0.338 e. The van der Waals surface area contributed by atoms with Gasteiger partial charge in [-0.05, 0) is 42.7 Å². The largest absolute Gasteiger partial charge is 0.460 e. The number of nitrogens with zero attached hydrogens (tertiary/aromatic N) is 2. The third-order valence-electron chi connectivity index (χ3n) is 5.60. The van der Waals surface area contributed by atoms with Crippen LogP contribution in [0.1, 0.15) is 47.1 Å². The zero-order valence-corrected chi connectivity index (χ0v) is 13.9. The van der Waals surface area contributed by atoms with E-state index >= 15 is 0 Å². The topological polar surface area (TPSA) is 44.1 Å². The number of carbonyl (C=O) groups excluding carboxylic acids is 1. The highest BCUT2D eigenvalue weighted by molar-refractivity contribution is 5.89. The van der Waals surface area contributed by atoms with Crippen LogP contribution in [0.2, 0.25) is 0 Å². The van der Waals surface area contributed by atoms with E-state index in [9.17, 15) is 4.79 Å². The molecule has 0 saturated heterocycles. The average Bonchev–Trinajstić information content (AvgIpc) is 2.88. The Morgan fingerprint density at radius 2 is 2.09 bits per heavy atom. The number of aromatic nitrogens is 2. The van der Waals surface area contributed by atoms with Gasteiger partial charge in [-0.2, -0.15) is 5.10 Å². The third kappa shape index (κ3) is 2.19. The van der Waals surface area contributed by atoms with Crippen LogP contribution in [0.3, 0.4) is 0 Å². The summed E-state index contributed by atoms with van der Waals surface area (Å²) in [6.45, 7) is 7.80. The Kier molecular flexibility index (Phi) is 3.12. The molecule has 4 nitrogen and oxygen atoms in total. The van der Waals surface area contributed by atoms with Crippen LogP contribution in [-0.4, -0.2) is 22.4 Å². The molecule has 2 aromatic rings. The van der Waals surface area contributed by atoms with Gasteiger partial charge in [0.2, 0.25) is 0 Å². The predicted octanol–water partition coefficient (Wildman–Crippen LogP) is 3.34. The minimum Gasteiger partial charge on any atom is -0.460 e. The summed E-state index contributed by atoms with van der Waals surface area (Å²) in [5.41, 5.74) is 4.98. The molecule has 4 rings (SSSR count). The lowest BCUT2D eigenvalue weighted by atomic mass is 9.98. The molecule has 1 heterocycles. The van der Waals surface area contributed by atoms with E-state index < -0.39 is 0 Å². The van der Waals surface area contributed by atoms with Crippen molar-refractivity contribution < 1.29 is 9.53 Å². The minimum atomic E-state index is -0.268. The van der Waals surface area contributed by atoms with Crippen molar-refractivity contribution in [2.24, 2.45) is 11.3 Å². The second-order valence-corrected chi connectivity index (χ2v) is 7.28. The van der Waals surface area contributed by atoms with Crippen LogP contribution in [0.5, 0.6) is 0 Å². The average molecular weight is 310 g/mol. The Morgan fingerprint density at radius 1 is 1.35 bits per heavy atom. The molecule has 0 unspecified atom stereocenters. The fourth-order valence-electron chi connectivity index (χ4n) is 4.24. The Bertz CT molecular complexity index is 761. The van der Waals surface area contributed by atoms with Crippen LogP contribution in [0.4, 0.5) is 0 Å². The SMILES string of the molecule is Cc1nn(CCOC(=O)c2ccccc2)c2c1[C@H]1[C@H](C2)C1(C)C. The second-order valence-electron chi connectivity index (χ2n) is 7.28. The summed E-state index contributed by atoms with van der Waals surface area (Å²) in [5.74, 6) is 1.18. The Morgan fingerprint density at radius 3 is 2.83 bits per heavy atom. The molecule has 2 atom stereocenters. The van der Waals surface area contributed by atoms with Gasteiger partial charge >= 0.3 is 5.97 Å². The zero-order valence-electron chi connectivity index (χ0n) is 13.9. The van der Waals surface area contributed by atoms with Crippen LogP contribution in [0.25, 0.3) is 0 Å². The number of hydrogen-bond acceptors (Lipinski definition) is 3. The molecule has 0 aliphatic heterocycles. The molecule has 0 amide bonds. The maximum absolute atomic E-state index is 12.0. The van der Waals surface area contributed by atoms with Gasteiger partial charge in [-0.25, -0.2) is 4.79 Å². The lowest BCUT2D eigenvalue weighted by molar-refractivity contribution is 0.0486. The predicted molar refractivity (Wildman–Crippen MR) is 87.4 cm³/mol. The standard InChI is InChI=1S/C19H22N2O2/c1-12-16-15(11-14-17(16)19(14,2)3)21(20-12)9-10-23-18(22)13-7-5-4-6-8-13/h4-8,14,17H,9-11H2,1-3H3/t14-,17+/m0/s1. The first-order valence-electron chi connectivity index (χ1n) is 8.28. The van der Waals surface area contributed by atoms with Crippen LogP contribution < -0.4 is 0 Å². The number of esters is 1. The first-order valence-corrected chi connectivity index (χ1v) is 8.28. The normalized spacial score (nSPS) is 23.3. The molecule has 2 aliphatic carbocycles. The maximum Gasteiger partial charge on any atom is 0.338 e. The highest BCUT2D eigenvalue weighted by Crippen LogP contribution is 2.70. The molecule has 1 fully saturated rings. The monoisotopic (exact) mass is 310 g/mol. The molecule has 4 heteroatoms. The summed E-state index contributed by atoms with van der Waals surface area (Å²) in [7, 11) is 0. The van der Waals surface area contributed by atoms with E-state index in [0.29, 0.717) is 30.0 Å². The first kappa shape index (κ1) is 14.5. The quantitative estimate of drug-likeness (QED) is 0.814. The summed E-state index contributed by atoms with van der Waals surface area (Å²) in [6, 6.07) is 9.11. The Labute approximate surface area is 136 Å². The molecule has 120 valence electrons. The molecule has 0 bridgehead atoms. The van der Waals surface area contributed by atoms with Gasteiger partial charge in [-0.1, -0.05) is 32.0 Å². The van der Waals surface area contributed by atoms with E-state index in [1.165, 1.54) is 11.3 Å². The van der Waals surface area contributed by atoms with E-state index in [1.807, 2.05) is 22.9 Å². The highest BCUT2D eigenvalue weighted by Gasteiger charge is 2.63. The number of carbonyl (C=O) groups is 1. The van der Waals surface area contributed by atoms with Gasteiger partial charge in [0.05, 0.1) is 17.8 Å². The highest BCUT2D eigenvalue weighted by atomic mass is 16.5. The summed E-state index contributed by atoms with van der Waals surface area (Å²) in [4.78, 5) is 12.0. The van der Waals surface area contributed by atoms with Gasteiger partial charge in [0.1, 0.15) is 6.61 Å². The van der Waals surface area contributed by atoms with Crippen molar-refractivity contribution in [3.8, 4) is 0 Å². The van der Waals surface area contributed by atoms with Crippen LogP contribution in [0.15, 0.2) is 30.3 Å². The summed E-state index contributed by atoms with van der Waals surface area (Å²) >= 11 is 0. The number of hydrogen-bond donors (Lipinski definition) is 0. The maximum atomic E-state index is 12.0. The van der Waals surface area contributed by atoms with Crippen molar-refractivity contribution in [2.75, 3.05) is 6.61 Å². The van der Waals surface area contributed by atoms with Gasteiger partial charge < -0.3 is 4.74 Å². The molecule has 1 saturated carbocycles. The summed E-state index contributed by atoms with van der Waals surface area (Å²) < 4.78 is 7.43. The molecular weight excluding hydrogens is 288 g/mol. The van der Waals surface area contributed by atoms with Gasteiger partial charge in [-0.15, -0.1) is 0 Å². The fraction of sp³-hybridized carbons (Fsp3) is 0.474. The number of rotatable bonds is 4. The minimum absolute atomic E-state index is 0.268. The van der Waals surface area contributed by atoms with Crippen molar-refractivity contribution in [1.29, 1.82) is 0 Å². The molecule has 0 spiro atoms. The zero-order chi connectivity index (χ0) is 16.2. The number of aryl methyl sites for hydroxylation is 1. The first-order chi connectivity index (χ1) is 11.0. The van der Waals surface area contributed by atoms with Crippen molar-refractivity contribution in [2.45, 2.75) is 39.7 Å². The number of fused-ring (bicyclic) bond motifs is 3. The van der Waals surface area contributed by atoms with Crippen molar-refractivity contribution in [3.05, 3.63) is 52.8 Å². The van der Waals surface area contributed by atoms with Crippen molar-refractivity contribution in [3.63, 3.8) is 0 Å². The number of ether oxygens (including phenoxy) is 1. The van der Waals surface area contributed by atoms with Gasteiger partial charge in [-0.3, -0.25) is 4.68 Å². The fourth-order valence-corrected chi connectivity index (χ4v) is 4.24. The van der Waals surface area contributed by atoms with E-state index in [4.69, 9.17) is 4.74 Å². The second kappa shape index (κ2) is 4.95. The van der Waals surface area contributed by atoms with Gasteiger partial charge in [0.15, 0.2) is 0 Å². The Hall–Kier alpha value is -2.10. The third-order valence-corrected chi connectivity index (χ3v) is 5.60. The lowest BCUT2D eigenvalue weighted by Gasteiger charge is -2.11. The van der Waals surface area contributed by atoms with Crippen LogP contribution in [0, 0.1) is 18.3 Å². The van der Waals surface area contributed by atoms with Crippen LogP contribution >= 0.6 is 0 Å². The van der Waals surface area contributed by atoms with Gasteiger partial charge in [0, 0.05) is 11.3 Å². The van der Waals surface area contributed by atoms with E-state index in [-0.39, 0.29) is 5.97 Å². The summed E-state index contributed by atoms with van der Waals surface area (Å²) in [6.07, 6.45) is 1.11.